The van der Waals surface area contributed by atoms with Gasteiger partial charge in [-0.15, -0.1) is 0 Å². The smallest absolute Gasteiger partial charge is 0.163 e. The van der Waals surface area contributed by atoms with Crippen LogP contribution in [-0.4, -0.2) is 11.7 Å². The SMILES string of the molecule is CCOc1cccc(C(C)(C)ON)c1O. The first-order valence-electron chi connectivity index (χ1n) is 4.86. The third kappa shape index (κ3) is 2.40. The van der Waals surface area contributed by atoms with Gasteiger partial charge in [0.25, 0.3) is 0 Å². The quantitative estimate of drug-likeness (QED) is 0.747. The molecule has 0 saturated heterocycles. The Labute approximate surface area is 89.6 Å². The van der Waals surface area contributed by atoms with Gasteiger partial charge in [-0.25, -0.2) is 5.90 Å². The van der Waals surface area contributed by atoms with E-state index < -0.39 is 5.60 Å². The Hall–Kier alpha value is -1.26. The van der Waals surface area contributed by atoms with Crippen molar-refractivity contribution in [2.75, 3.05) is 6.61 Å². The zero-order valence-corrected chi connectivity index (χ0v) is 9.28. The van der Waals surface area contributed by atoms with Gasteiger partial charge in [0.15, 0.2) is 11.5 Å². The van der Waals surface area contributed by atoms with Gasteiger partial charge >= 0.3 is 0 Å². The summed E-state index contributed by atoms with van der Waals surface area (Å²) in [4.78, 5) is 4.82. The van der Waals surface area contributed by atoms with Crippen molar-refractivity contribution in [2.45, 2.75) is 26.4 Å². The van der Waals surface area contributed by atoms with Crippen molar-refractivity contribution in [3.63, 3.8) is 0 Å². The highest BCUT2D eigenvalue weighted by Gasteiger charge is 2.25. The zero-order chi connectivity index (χ0) is 11.5. The lowest BCUT2D eigenvalue weighted by molar-refractivity contribution is -0.0252. The molecule has 1 aromatic carbocycles. The Balaban J connectivity index is 3.15. The van der Waals surface area contributed by atoms with Crippen LogP contribution in [0.1, 0.15) is 26.3 Å². The zero-order valence-electron chi connectivity index (χ0n) is 9.28. The maximum Gasteiger partial charge on any atom is 0.163 e. The molecule has 15 heavy (non-hydrogen) atoms. The predicted octanol–water partition coefficient (Wildman–Crippen LogP) is 1.92. The summed E-state index contributed by atoms with van der Waals surface area (Å²) >= 11 is 0. The van der Waals surface area contributed by atoms with Gasteiger partial charge in [-0.2, -0.15) is 0 Å². The molecule has 0 aliphatic heterocycles. The van der Waals surface area contributed by atoms with Gasteiger partial charge in [0.05, 0.1) is 6.61 Å². The molecule has 0 amide bonds. The summed E-state index contributed by atoms with van der Waals surface area (Å²) in [7, 11) is 0. The highest BCUT2D eigenvalue weighted by atomic mass is 16.6. The fraction of sp³-hybridized carbons (Fsp3) is 0.455. The van der Waals surface area contributed by atoms with Crippen LogP contribution in [0.15, 0.2) is 18.2 Å². The van der Waals surface area contributed by atoms with Crippen LogP contribution in [-0.2, 0) is 10.4 Å². The second kappa shape index (κ2) is 4.51. The van der Waals surface area contributed by atoms with Crippen LogP contribution in [0.3, 0.4) is 0 Å². The predicted molar refractivity (Wildman–Crippen MR) is 57.6 cm³/mol. The number of benzene rings is 1. The second-order valence-corrected chi connectivity index (χ2v) is 3.71. The van der Waals surface area contributed by atoms with E-state index in [0.29, 0.717) is 17.9 Å². The second-order valence-electron chi connectivity index (χ2n) is 3.71. The topological polar surface area (TPSA) is 64.7 Å². The Morgan fingerprint density at radius 2 is 2.07 bits per heavy atom. The molecule has 1 aromatic rings. The first-order chi connectivity index (χ1) is 7.03. The molecule has 0 saturated carbocycles. The van der Waals surface area contributed by atoms with E-state index >= 15 is 0 Å². The third-order valence-electron chi connectivity index (χ3n) is 2.24. The molecule has 0 aliphatic carbocycles. The summed E-state index contributed by atoms with van der Waals surface area (Å²) in [6.07, 6.45) is 0. The number of para-hydroxylation sites is 1. The molecule has 0 bridgehead atoms. The lowest BCUT2D eigenvalue weighted by Gasteiger charge is -2.24. The molecule has 1 rings (SSSR count). The van der Waals surface area contributed by atoms with Crippen molar-refractivity contribution in [1.29, 1.82) is 0 Å². The molecular formula is C11H17NO3. The molecule has 0 aliphatic rings. The summed E-state index contributed by atoms with van der Waals surface area (Å²) in [5, 5.41) is 9.93. The molecule has 0 unspecified atom stereocenters. The molecule has 0 radical (unpaired) electrons. The van der Waals surface area contributed by atoms with E-state index in [1.807, 2.05) is 6.92 Å². The van der Waals surface area contributed by atoms with Crippen LogP contribution >= 0.6 is 0 Å². The lowest BCUT2D eigenvalue weighted by atomic mass is 9.97. The fourth-order valence-electron chi connectivity index (χ4n) is 1.34. The van der Waals surface area contributed by atoms with Crippen molar-refractivity contribution >= 4 is 0 Å². The van der Waals surface area contributed by atoms with Gasteiger partial charge < -0.3 is 9.84 Å². The number of nitrogens with two attached hydrogens (primary N) is 1. The van der Waals surface area contributed by atoms with Gasteiger partial charge in [0.2, 0.25) is 0 Å². The summed E-state index contributed by atoms with van der Waals surface area (Å²) in [6, 6.07) is 5.25. The number of hydrogen-bond acceptors (Lipinski definition) is 4. The van der Waals surface area contributed by atoms with Gasteiger partial charge in [0, 0.05) is 5.56 Å². The van der Waals surface area contributed by atoms with Gasteiger partial charge in [-0.1, -0.05) is 12.1 Å². The van der Waals surface area contributed by atoms with Crippen LogP contribution in [0.25, 0.3) is 0 Å². The molecule has 0 spiro atoms. The third-order valence-corrected chi connectivity index (χ3v) is 2.24. The lowest BCUT2D eigenvalue weighted by Crippen LogP contribution is -2.25. The number of hydrogen-bond donors (Lipinski definition) is 2. The van der Waals surface area contributed by atoms with Gasteiger partial charge in [-0.05, 0) is 26.8 Å². The van der Waals surface area contributed by atoms with Crippen LogP contribution in [0.5, 0.6) is 11.5 Å². The van der Waals surface area contributed by atoms with E-state index in [-0.39, 0.29) is 5.75 Å². The minimum atomic E-state index is -0.739. The minimum Gasteiger partial charge on any atom is -0.504 e. The highest BCUT2D eigenvalue weighted by Crippen LogP contribution is 2.37. The van der Waals surface area contributed by atoms with Crippen LogP contribution < -0.4 is 10.6 Å². The normalized spacial score (nSPS) is 11.5. The Bertz CT molecular complexity index is 337. The molecule has 3 N–H and O–H groups in total. The van der Waals surface area contributed by atoms with E-state index in [1.54, 1.807) is 32.0 Å². The standard InChI is InChI=1S/C11H17NO3/c1-4-14-9-7-5-6-8(10(9)13)11(2,3)15-12/h5-7,13H,4,12H2,1-3H3. The summed E-state index contributed by atoms with van der Waals surface area (Å²) in [5.41, 5.74) is -0.132. The molecule has 4 heteroatoms. The Morgan fingerprint density at radius 1 is 1.40 bits per heavy atom. The molecule has 0 atom stereocenters. The average Bonchev–Trinajstić information content (AvgIpc) is 2.21. The van der Waals surface area contributed by atoms with E-state index in [2.05, 4.69) is 0 Å². The van der Waals surface area contributed by atoms with Crippen LogP contribution in [0, 0.1) is 0 Å². The van der Waals surface area contributed by atoms with Crippen molar-refractivity contribution in [2.24, 2.45) is 5.90 Å². The molecule has 0 aromatic heterocycles. The average molecular weight is 211 g/mol. The molecule has 4 nitrogen and oxygen atoms in total. The first-order valence-corrected chi connectivity index (χ1v) is 4.86. The van der Waals surface area contributed by atoms with E-state index in [4.69, 9.17) is 15.5 Å². The first kappa shape index (κ1) is 11.8. The fourth-order valence-corrected chi connectivity index (χ4v) is 1.34. The maximum atomic E-state index is 9.93. The number of ether oxygens (including phenoxy) is 1. The number of phenols is 1. The van der Waals surface area contributed by atoms with Crippen LogP contribution in [0.4, 0.5) is 0 Å². The number of aromatic hydroxyl groups is 1. The van der Waals surface area contributed by atoms with Gasteiger partial charge in [0.1, 0.15) is 5.60 Å². The minimum absolute atomic E-state index is 0.0785. The van der Waals surface area contributed by atoms with Crippen LogP contribution in [0.2, 0.25) is 0 Å². The van der Waals surface area contributed by atoms with E-state index in [0.717, 1.165) is 0 Å². The van der Waals surface area contributed by atoms with E-state index in [9.17, 15) is 5.11 Å². The van der Waals surface area contributed by atoms with Crippen molar-refractivity contribution < 1.29 is 14.7 Å². The molecular weight excluding hydrogens is 194 g/mol. The van der Waals surface area contributed by atoms with E-state index in [1.165, 1.54) is 0 Å². The molecule has 0 heterocycles. The number of rotatable bonds is 4. The monoisotopic (exact) mass is 211 g/mol. The maximum absolute atomic E-state index is 9.93. The summed E-state index contributed by atoms with van der Waals surface area (Å²) in [6.45, 7) is 5.91. The highest BCUT2D eigenvalue weighted by molar-refractivity contribution is 5.47. The Morgan fingerprint density at radius 3 is 2.60 bits per heavy atom. The number of phenolic OH excluding ortho intramolecular Hbond substituents is 1. The molecule has 84 valence electrons. The van der Waals surface area contributed by atoms with Crippen molar-refractivity contribution in [3.05, 3.63) is 23.8 Å². The van der Waals surface area contributed by atoms with Crippen molar-refractivity contribution in [3.8, 4) is 11.5 Å². The van der Waals surface area contributed by atoms with Gasteiger partial charge in [-0.3, -0.25) is 4.84 Å². The summed E-state index contributed by atoms with van der Waals surface area (Å²) in [5.74, 6) is 5.70. The molecule has 0 fully saturated rings. The van der Waals surface area contributed by atoms with Crippen molar-refractivity contribution in [1.82, 2.24) is 0 Å². The Kier molecular flexibility index (Phi) is 3.55. The summed E-state index contributed by atoms with van der Waals surface area (Å²) < 4.78 is 5.27. The largest absolute Gasteiger partial charge is 0.504 e.